The maximum Gasteiger partial charge on any atom is 0.256 e. The predicted molar refractivity (Wildman–Crippen MR) is 88.9 cm³/mol. The van der Waals surface area contributed by atoms with E-state index in [1.165, 1.54) is 19.1 Å². The van der Waals surface area contributed by atoms with Gasteiger partial charge in [-0.2, -0.15) is 0 Å². The van der Waals surface area contributed by atoms with Crippen LogP contribution in [0, 0.1) is 5.82 Å². The lowest BCUT2D eigenvalue weighted by Crippen LogP contribution is -2.52. The second-order valence-electron chi connectivity index (χ2n) is 5.87. The molecule has 0 spiro atoms. The number of hydrogen-bond acceptors (Lipinski definition) is 2. The first kappa shape index (κ1) is 16.2. The summed E-state index contributed by atoms with van der Waals surface area (Å²) in [5.74, 6) is -0.883. The van der Waals surface area contributed by atoms with Crippen molar-refractivity contribution in [3.63, 3.8) is 0 Å². The third-order valence-electron chi connectivity index (χ3n) is 4.36. The van der Waals surface area contributed by atoms with Crippen molar-refractivity contribution in [3.8, 4) is 0 Å². The van der Waals surface area contributed by atoms with Gasteiger partial charge in [0.15, 0.2) is 0 Å². The minimum atomic E-state index is -0.521. The first-order chi connectivity index (χ1) is 11.6. The maximum absolute atomic E-state index is 13.9. The number of amides is 2. The highest BCUT2D eigenvalue weighted by molar-refractivity contribution is 5.94. The minimum Gasteiger partial charge on any atom is -0.334 e. The molecule has 1 aliphatic heterocycles. The van der Waals surface area contributed by atoms with Gasteiger partial charge < -0.3 is 9.80 Å². The minimum absolute atomic E-state index is 0.0261. The zero-order chi connectivity index (χ0) is 17.1. The average molecular weight is 326 g/mol. The first-order valence-electron chi connectivity index (χ1n) is 7.94. The molecule has 0 bridgehead atoms. The molecule has 0 radical (unpaired) electrons. The van der Waals surface area contributed by atoms with Gasteiger partial charge in [-0.3, -0.25) is 9.59 Å². The molecule has 2 aromatic carbocycles. The summed E-state index contributed by atoms with van der Waals surface area (Å²) in [5.41, 5.74) is 1.04. The van der Waals surface area contributed by atoms with Crippen molar-refractivity contribution >= 4 is 11.8 Å². The summed E-state index contributed by atoms with van der Waals surface area (Å²) in [6.45, 7) is 2.73. The van der Waals surface area contributed by atoms with Crippen LogP contribution in [0.2, 0.25) is 0 Å². The zero-order valence-electron chi connectivity index (χ0n) is 13.5. The molecule has 4 nitrogen and oxygen atoms in total. The van der Waals surface area contributed by atoms with Crippen LogP contribution in [-0.2, 0) is 4.79 Å². The van der Waals surface area contributed by atoms with E-state index in [-0.39, 0.29) is 23.4 Å². The fourth-order valence-corrected chi connectivity index (χ4v) is 3.11. The van der Waals surface area contributed by atoms with E-state index in [0.29, 0.717) is 19.6 Å². The van der Waals surface area contributed by atoms with Crippen LogP contribution in [0.25, 0.3) is 0 Å². The van der Waals surface area contributed by atoms with E-state index in [1.54, 1.807) is 21.9 Å². The molecule has 0 saturated carbocycles. The first-order valence-corrected chi connectivity index (χ1v) is 7.94. The Balaban J connectivity index is 1.87. The monoisotopic (exact) mass is 326 g/mol. The molecule has 24 heavy (non-hydrogen) atoms. The van der Waals surface area contributed by atoms with Gasteiger partial charge in [0.1, 0.15) is 5.82 Å². The molecule has 0 N–H and O–H groups in total. The molecule has 5 heteroatoms. The van der Waals surface area contributed by atoms with Crippen LogP contribution in [0.15, 0.2) is 54.6 Å². The number of benzene rings is 2. The molecule has 124 valence electrons. The van der Waals surface area contributed by atoms with Crippen LogP contribution >= 0.6 is 0 Å². The summed E-state index contributed by atoms with van der Waals surface area (Å²) < 4.78 is 13.9. The van der Waals surface area contributed by atoms with Gasteiger partial charge in [-0.05, 0) is 17.7 Å². The van der Waals surface area contributed by atoms with Gasteiger partial charge in [0.2, 0.25) is 5.91 Å². The Hall–Kier alpha value is -2.69. The Morgan fingerprint density at radius 2 is 1.67 bits per heavy atom. The summed E-state index contributed by atoms with van der Waals surface area (Å²) >= 11 is 0. The van der Waals surface area contributed by atoms with Gasteiger partial charge in [0.05, 0.1) is 11.6 Å². The molecule has 1 atom stereocenters. The average Bonchev–Trinajstić information content (AvgIpc) is 2.61. The summed E-state index contributed by atoms with van der Waals surface area (Å²) in [7, 11) is 0. The molecular formula is C19H19FN2O2. The Kier molecular flexibility index (Phi) is 4.60. The molecule has 1 saturated heterocycles. The maximum atomic E-state index is 13.9. The summed E-state index contributed by atoms with van der Waals surface area (Å²) in [6.07, 6.45) is 0. The standard InChI is InChI=1S/C19H19FN2O2/c1-14(23)22-12-11-21(13-18(22)15-7-3-2-4-8-15)19(24)16-9-5-6-10-17(16)20/h2-10,18H,11-13H2,1H3/t18-/m1/s1. The fraction of sp³-hybridized carbons (Fsp3) is 0.263. The molecule has 1 fully saturated rings. The summed E-state index contributed by atoms with van der Waals surface area (Å²) in [4.78, 5) is 28.0. The third kappa shape index (κ3) is 3.15. The van der Waals surface area contributed by atoms with Gasteiger partial charge in [0, 0.05) is 26.6 Å². The van der Waals surface area contributed by atoms with Crippen molar-refractivity contribution in [3.05, 3.63) is 71.5 Å². The Bertz CT molecular complexity index is 748. The highest BCUT2D eigenvalue weighted by Crippen LogP contribution is 2.26. The van der Waals surface area contributed by atoms with Crippen LogP contribution in [0.4, 0.5) is 4.39 Å². The smallest absolute Gasteiger partial charge is 0.256 e. The topological polar surface area (TPSA) is 40.6 Å². The van der Waals surface area contributed by atoms with Crippen LogP contribution in [0.1, 0.15) is 28.9 Å². The van der Waals surface area contributed by atoms with E-state index in [1.807, 2.05) is 30.3 Å². The second kappa shape index (κ2) is 6.83. The Morgan fingerprint density at radius 3 is 2.33 bits per heavy atom. The van der Waals surface area contributed by atoms with Crippen LogP contribution in [0.5, 0.6) is 0 Å². The van der Waals surface area contributed by atoms with E-state index >= 15 is 0 Å². The highest BCUT2D eigenvalue weighted by Gasteiger charge is 2.32. The number of nitrogens with zero attached hydrogens (tertiary/aromatic N) is 2. The molecule has 2 aromatic rings. The second-order valence-corrected chi connectivity index (χ2v) is 5.87. The van der Waals surface area contributed by atoms with Gasteiger partial charge in [0.25, 0.3) is 5.91 Å². The lowest BCUT2D eigenvalue weighted by Gasteiger charge is -2.41. The van der Waals surface area contributed by atoms with Gasteiger partial charge in [-0.1, -0.05) is 42.5 Å². The molecule has 0 unspecified atom stereocenters. The van der Waals surface area contributed by atoms with Crippen molar-refractivity contribution < 1.29 is 14.0 Å². The lowest BCUT2D eigenvalue weighted by molar-refractivity contribution is -0.133. The lowest BCUT2D eigenvalue weighted by atomic mass is 10.0. The summed E-state index contributed by atoms with van der Waals surface area (Å²) in [6, 6.07) is 15.4. The van der Waals surface area contributed by atoms with E-state index in [0.717, 1.165) is 5.56 Å². The van der Waals surface area contributed by atoms with Crippen LogP contribution < -0.4 is 0 Å². The number of carbonyl (C=O) groups excluding carboxylic acids is 2. The van der Waals surface area contributed by atoms with E-state index < -0.39 is 5.82 Å². The largest absolute Gasteiger partial charge is 0.334 e. The van der Waals surface area contributed by atoms with Gasteiger partial charge in [-0.15, -0.1) is 0 Å². The van der Waals surface area contributed by atoms with Crippen molar-refractivity contribution in [1.29, 1.82) is 0 Å². The van der Waals surface area contributed by atoms with Crippen molar-refractivity contribution in [1.82, 2.24) is 9.80 Å². The quantitative estimate of drug-likeness (QED) is 0.851. The molecule has 2 amide bonds. The molecule has 1 aliphatic rings. The Morgan fingerprint density at radius 1 is 1.00 bits per heavy atom. The number of carbonyl (C=O) groups is 2. The van der Waals surface area contributed by atoms with Crippen LogP contribution in [-0.4, -0.2) is 41.2 Å². The number of halogens is 1. The number of piperazine rings is 1. The van der Waals surface area contributed by atoms with Crippen molar-refractivity contribution in [2.75, 3.05) is 19.6 Å². The Labute approximate surface area is 140 Å². The predicted octanol–water partition coefficient (Wildman–Crippen LogP) is 2.87. The molecular weight excluding hydrogens is 307 g/mol. The van der Waals surface area contributed by atoms with Crippen molar-refractivity contribution in [2.24, 2.45) is 0 Å². The third-order valence-corrected chi connectivity index (χ3v) is 4.36. The van der Waals surface area contributed by atoms with Crippen LogP contribution in [0.3, 0.4) is 0 Å². The molecule has 0 aromatic heterocycles. The SMILES string of the molecule is CC(=O)N1CCN(C(=O)c2ccccc2F)C[C@@H]1c1ccccc1. The molecule has 0 aliphatic carbocycles. The normalized spacial score (nSPS) is 17.7. The highest BCUT2D eigenvalue weighted by atomic mass is 19.1. The van der Waals surface area contributed by atoms with Gasteiger partial charge >= 0.3 is 0 Å². The number of hydrogen-bond donors (Lipinski definition) is 0. The van der Waals surface area contributed by atoms with E-state index in [4.69, 9.17) is 0 Å². The van der Waals surface area contributed by atoms with E-state index in [2.05, 4.69) is 0 Å². The molecule has 3 rings (SSSR count). The van der Waals surface area contributed by atoms with Crippen molar-refractivity contribution in [2.45, 2.75) is 13.0 Å². The zero-order valence-corrected chi connectivity index (χ0v) is 13.5. The summed E-state index contributed by atoms with van der Waals surface area (Å²) in [5, 5.41) is 0. The molecule has 1 heterocycles. The van der Waals surface area contributed by atoms with Gasteiger partial charge in [-0.25, -0.2) is 4.39 Å². The fourth-order valence-electron chi connectivity index (χ4n) is 3.11. The van der Waals surface area contributed by atoms with E-state index in [9.17, 15) is 14.0 Å². The number of rotatable bonds is 2.